The number of nitrogens with zero attached hydrogens (tertiary/aromatic N) is 2. The van der Waals surface area contributed by atoms with Gasteiger partial charge in [0.25, 0.3) is 5.91 Å². The molecule has 30 heavy (non-hydrogen) atoms. The Hall–Kier alpha value is -2.38. The number of carbonyl (C=O) groups is 2. The van der Waals surface area contributed by atoms with Crippen LogP contribution < -0.4 is 16.0 Å². The van der Waals surface area contributed by atoms with Crippen LogP contribution in [0.5, 0.6) is 0 Å². The number of rotatable bonds is 6. The molecule has 0 saturated carbocycles. The molecule has 1 aliphatic heterocycles. The number of anilines is 2. The third-order valence-electron chi connectivity index (χ3n) is 4.35. The third kappa shape index (κ3) is 6.06. The Kier molecular flexibility index (Phi) is 7.31. The first-order valence-corrected chi connectivity index (χ1v) is 8.70. The normalized spacial score (nSPS) is 16.7. The number of benzene rings is 1. The molecule has 3 N–H and O–H groups in total. The van der Waals surface area contributed by atoms with Crippen LogP contribution >= 0.6 is 0 Å². The summed E-state index contributed by atoms with van der Waals surface area (Å²) in [7, 11) is 0.988. The maximum absolute atomic E-state index is 13.5. The van der Waals surface area contributed by atoms with Gasteiger partial charge in [-0.1, -0.05) is 0 Å². The summed E-state index contributed by atoms with van der Waals surface area (Å²) < 4.78 is 83.3. The molecule has 2 rings (SSSR count). The van der Waals surface area contributed by atoms with Crippen molar-refractivity contribution >= 4 is 23.2 Å². The number of alkyl halides is 6. The van der Waals surface area contributed by atoms with Gasteiger partial charge in [-0.2, -0.15) is 26.3 Å². The van der Waals surface area contributed by atoms with Crippen LogP contribution in [-0.2, 0) is 20.5 Å². The quantitative estimate of drug-likeness (QED) is 0.657. The van der Waals surface area contributed by atoms with Gasteiger partial charge in [-0.25, -0.2) is 0 Å². The van der Waals surface area contributed by atoms with Crippen LogP contribution in [0.3, 0.4) is 0 Å². The second-order valence-corrected chi connectivity index (χ2v) is 6.60. The number of nitrogens with two attached hydrogens (primary N) is 1. The van der Waals surface area contributed by atoms with E-state index in [1.165, 1.54) is 6.07 Å². The molecule has 0 radical (unpaired) electrons. The van der Waals surface area contributed by atoms with E-state index in [-0.39, 0.29) is 25.4 Å². The first kappa shape index (κ1) is 23.9. The minimum Gasteiger partial charge on any atom is -0.370 e. The van der Waals surface area contributed by atoms with Gasteiger partial charge in [0.15, 0.2) is 0 Å². The first-order valence-electron chi connectivity index (χ1n) is 8.70. The lowest BCUT2D eigenvalue weighted by Gasteiger charge is -2.29. The van der Waals surface area contributed by atoms with Gasteiger partial charge in [0.05, 0.1) is 24.4 Å². The fraction of sp³-hybridized carbons (Fsp3) is 0.529. The van der Waals surface area contributed by atoms with Gasteiger partial charge < -0.3 is 20.7 Å². The zero-order chi connectivity index (χ0) is 22.7. The topological polar surface area (TPSA) is 87.9 Å². The minimum absolute atomic E-state index is 0.0433. The van der Waals surface area contributed by atoms with Crippen molar-refractivity contribution in [1.82, 2.24) is 4.90 Å². The largest absolute Gasteiger partial charge is 0.418 e. The Morgan fingerprint density at radius 2 is 1.97 bits per heavy atom. The standard InChI is InChI=1S/C17H20F6N4O3/c1-26(9-16(18,19)20)13(7-24)15(29)25-12-3-2-10(6-11(12)17(21,22)23)27-4-5-30-8-14(27)28/h2-3,6,13H,4-5,7-9,24H2,1H3,(H,25,29)/t13-/m0/s1. The summed E-state index contributed by atoms with van der Waals surface area (Å²) in [4.78, 5) is 25.9. The average molecular weight is 442 g/mol. The SMILES string of the molecule is CN(CC(F)(F)F)[C@@H](CN)C(=O)Nc1ccc(N2CCOCC2=O)cc1C(F)(F)F. The van der Waals surface area contributed by atoms with E-state index in [0.717, 1.165) is 18.0 Å². The molecule has 13 heteroatoms. The highest BCUT2D eigenvalue weighted by atomic mass is 19.4. The van der Waals surface area contributed by atoms with Crippen molar-refractivity contribution in [3.8, 4) is 0 Å². The van der Waals surface area contributed by atoms with E-state index in [4.69, 9.17) is 10.5 Å². The fourth-order valence-electron chi connectivity index (χ4n) is 2.93. The lowest BCUT2D eigenvalue weighted by Crippen LogP contribution is -2.49. The van der Waals surface area contributed by atoms with Gasteiger partial charge in [0.2, 0.25) is 5.91 Å². The summed E-state index contributed by atoms with van der Waals surface area (Å²) in [6.07, 6.45) is -9.52. The predicted molar refractivity (Wildman–Crippen MR) is 94.8 cm³/mol. The van der Waals surface area contributed by atoms with Crippen molar-refractivity contribution in [3.05, 3.63) is 23.8 Å². The molecule has 168 valence electrons. The molecule has 1 fully saturated rings. The smallest absolute Gasteiger partial charge is 0.370 e. The van der Waals surface area contributed by atoms with Gasteiger partial charge >= 0.3 is 12.4 Å². The number of morpholine rings is 1. The predicted octanol–water partition coefficient (Wildman–Crippen LogP) is 1.83. The summed E-state index contributed by atoms with van der Waals surface area (Å²) in [5.74, 6) is -1.65. The van der Waals surface area contributed by atoms with Crippen molar-refractivity contribution in [2.75, 3.05) is 50.1 Å². The molecule has 0 bridgehead atoms. The summed E-state index contributed by atoms with van der Waals surface area (Å²) in [5.41, 5.74) is 3.41. The van der Waals surface area contributed by atoms with Gasteiger partial charge in [-0.15, -0.1) is 0 Å². The number of amides is 2. The molecule has 7 nitrogen and oxygen atoms in total. The summed E-state index contributed by atoms with van der Waals surface area (Å²) in [6, 6.07) is 1.32. The molecular formula is C17H20F6N4O3. The number of carbonyl (C=O) groups excluding carboxylic acids is 2. The minimum atomic E-state index is -4.90. The second kappa shape index (κ2) is 9.18. The van der Waals surface area contributed by atoms with Crippen LogP contribution in [0.15, 0.2) is 18.2 Å². The van der Waals surface area contributed by atoms with E-state index in [1.807, 2.05) is 5.32 Å². The summed E-state index contributed by atoms with van der Waals surface area (Å²) in [6.45, 7) is -2.08. The lowest BCUT2D eigenvalue weighted by atomic mass is 10.1. The number of nitrogens with one attached hydrogen (secondary N) is 1. The highest BCUT2D eigenvalue weighted by Gasteiger charge is 2.37. The number of hydrogen-bond acceptors (Lipinski definition) is 5. The van der Waals surface area contributed by atoms with Crippen LogP contribution in [-0.4, -0.2) is 68.8 Å². The molecule has 1 aliphatic rings. The monoisotopic (exact) mass is 442 g/mol. The Labute approximate surface area is 167 Å². The Bertz CT molecular complexity index is 784. The van der Waals surface area contributed by atoms with Crippen LogP contribution in [0.25, 0.3) is 0 Å². The van der Waals surface area contributed by atoms with Crippen molar-refractivity contribution in [2.45, 2.75) is 18.4 Å². The molecule has 1 aromatic rings. The average Bonchev–Trinajstić information content (AvgIpc) is 2.60. The maximum atomic E-state index is 13.5. The van der Waals surface area contributed by atoms with Gasteiger partial charge in [-0.05, 0) is 25.2 Å². The van der Waals surface area contributed by atoms with E-state index < -0.39 is 54.5 Å². The van der Waals surface area contributed by atoms with Crippen LogP contribution in [0.1, 0.15) is 5.56 Å². The molecule has 1 aromatic carbocycles. The molecular weight excluding hydrogens is 422 g/mol. The highest BCUT2D eigenvalue weighted by Crippen LogP contribution is 2.37. The third-order valence-corrected chi connectivity index (χ3v) is 4.35. The molecule has 0 spiro atoms. The molecule has 2 amide bonds. The summed E-state index contributed by atoms with van der Waals surface area (Å²) in [5, 5.41) is 2.00. The zero-order valence-corrected chi connectivity index (χ0v) is 15.8. The van der Waals surface area contributed by atoms with Crippen molar-refractivity contribution < 1.29 is 40.7 Å². The van der Waals surface area contributed by atoms with Crippen molar-refractivity contribution in [3.63, 3.8) is 0 Å². The van der Waals surface area contributed by atoms with Crippen molar-refractivity contribution in [2.24, 2.45) is 5.73 Å². The summed E-state index contributed by atoms with van der Waals surface area (Å²) >= 11 is 0. The number of hydrogen-bond donors (Lipinski definition) is 2. The van der Waals surface area contributed by atoms with Gasteiger partial charge in [-0.3, -0.25) is 14.5 Å². The second-order valence-electron chi connectivity index (χ2n) is 6.60. The Morgan fingerprint density at radius 3 is 2.50 bits per heavy atom. The number of ether oxygens (including phenoxy) is 1. The molecule has 1 saturated heterocycles. The molecule has 0 unspecified atom stereocenters. The van der Waals surface area contributed by atoms with Crippen molar-refractivity contribution in [1.29, 1.82) is 0 Å². The van der Waals surface area contributed by atoms with Crippen LogP contribution in [0.4, 0.5) is 37.7 Å². The number of halogens is 6. The van der Waals surface area contributed by atoms with Gasteiger partial charge in [0, 0.05) is 18.8 Å². The van der Waals surface area contributed by atoms with E-state index >= 15 is 0 Å². The zero-order valence-electron chi connectivity index (χ0n) is 15.8. The van der Waals surface area contributed by atoms with Crippen LogP contribution in [0.2, 0.25) is 0 Å². The Morgan fingerprint density at radius 1 is 1.30 bits per heavy atom. The van der Waals surface area contributed by atoms with E-state index in [9.17, 15) is 35.9 Å². The fourth-order valence-corrected chi connectivity index (χ4v) is 2.93. The number of likely N-dealkylation sites (N-methyl/N-ethyl adjacent to an activating group) is 1. The molecule has 1 heterocycles. The van der Waals surface area contributed by atoms with E-state index in [0.29, 0.717) is 11.0 Å². The van der Waals surface area contributed by atoms with E-state index in [2.05, 4.69) is 0 Å². The lowest BCUT2D eigenvalue weighted by molar-refractivity contribution is -0.150. The first-order chi connectivity index (χ1) is 13.8. The highest BCUT2D eigenvalue weighted by molar-refractivity contribution is 5.97. The Balaban J connectivity index is 2.29. The molecule has 0 aliphatic carbocycles. The molecule has 1 atom stereocenters. The molecule has 0 aromatic heterocycles. The van der Waals surface area contributed by atoms with Gasteiger partial charge in [0.1, 0.15) is 12.6 Å². The van der Waals surface area contributed by atoms with Crippen LogP contribution in [0, 0.1) is 0 Å². The maximum Gasteiger partial charge on any atom is 0.418 e. The van der Waals surface area contributed by atoms with E-state index in [1.54, 1.807) is 0 Å².